The molecule has 2 atom stereocenters. The summed E-state index contributed by atoms with van der Waals surface area (Å²) < 4.78 is 7.49. The number of hydrogen-bond donors (Lipinski definition) is 0. The van der Waals surface area contributed by atoms with Crippen molar-refractivity contribution in [3.05, 3.63) is 60.2 Å². The van der Waals surface area contributed by atoms with Crippen LogP contribution in [0.2, 0.25) is 0 Å². The summed E-state index contributed by atoms with van der Waals surface area (Å²) in [5, 5.41) is 8.86. The minimum atomic E-state index is -0.249. The number of rotatable bonds is 14. The first-order chi connectivity index (χ1) is 16.8. The summed E-state index contributed by atoms with van der Waals surface area (Å²) >= 11 is 0. The molecule has 2 heterocycles. The number of fused-ring (bicyclic) bond motifs is 1. The first-order valence-corrected chi connectivity index (χ1v) is 13.1. The Bertz CT molecular complexity index is 1020. The van der Waals surface area contributed by atoms with Crippen molar-refractivity contribution < 1.29 is 9.53 Å². The van der Waals surface area contributed by atoms with Crippen molar-refractivity contribution in [2.75, 3.05) is 6.61 Å². The monoisotopic (exact) mass is 462 g/mol. The van der Waals surface area contributed by atoms with Crippen molar-refractivity contribution in [1.82, 2.24) is 19.9 Å². The topological polar surface area (TPSA) is 60.2 Å². The third-order valence-electron chi connectivity index (χ3n) is 6.86. The molecular formula is C28H38N4O2. The molecule has 1 amide bonds. The van der Waals surface area contributed by atoms with Crippen molar-refractivity contribution >= 4 is 17.1 Å². The highest BCUT2D eigenvalue weighted by molar-refractivity contribution is 5.75. The standard InChI is InChI=1S/C28H38N4O2/c1-2-3-4-5-6-7-8-9-13-20-27(32-26-19-15-14-18-25(26)29-30-32)31-24(22-34-28(31)33)21-23-16-11-10-12-17-23/h10-12,14-19,24,27H,2-9,13,20-22H2,1H3/t24-,27?/m0/s1. The second kappa shape index (κ2) is 12.5. The zero-order valence-electron chi connectivity index (χ0n) is 20.4. The fourth-order valence-electron chi connectivity index (χ4n) is 5.00. The summed E-state index contributed by atoms with van der Waals surface area (Å²) in [6.45, 7) is 2.67. The molecule has 0 aliphatic carbocycles. The van der Waals surface area contributed by atoms with E-state index in [1.807, 2.05) is 52.0 Å². The number of benzene rings is 2. The maximum absolute atomic E-state index is 13.0. The molecule has 6 heteroatoms. The molecule has 0 N–H and O–H groups in total. The Hall–Kier alpha value is -2.89. The molecule has 0 saturated carbocycles. The summed E-state index contributed by atoms with van der Waals surface area (Å²) in [6, 6.07) is 18.3. The molecular weight excluding hydrogens is 424 g/mol. The molecule has 1 saturated heterocycles. The van der Waals surface area contributed by atoms with Gasteiger partial charge in [-0.1, -0.05) is 106 Å². The summed E-state index contributed by atoms with van der Waals surface area (Å²) in [4.78, 5) is 14.9. The van der Waals surface area contributed by atoms with E-state index in [1.165, 1.54) is 56.9 Å². The average Bonchev–Trinajstić information content (AvgIpc) is 3.45. The van der Waals surface area contributed by atoms with E-state index in [4.69, 9.17) is 4.74 Å². The first kappa shape index (κ1) is 24.2. The number of nitrogens with zero attached hydrogens (tertiary/aromatic N) is 4. The number of hydrogen-bond acceptors (Lipinski definition) is 4. The number of aromatic nitrogens is 3. The van der Waals surface area contributed by atoms with Gasteiger partial charge in [0.15, 0.2) is 0 Å². The van der Waals surface area contributed by atoms with E-state index in [0.29, 0.717) is 6.61 Å². The van der Waals surface area contributed by atoms with E-state index in [1.54, 1.807) is 0 Å². The van der Waals surface area contributed by atoms with Crippen LogP contribution in [0.4, 0.5) is 4.79 Å². The van der Waals surface area contributed by atoms with Crippen LogP contribution in [0.25, 0.3) is 11.0 Å². The van der Waals surface area contributed by atoms with Crippen LogP contribution in [0.1, 0.15) is 82.9 Å². The van der Waals surface area contributed by atoms with Crippen molar-refractivity contribution in [3.8, 4) is 0 Å². The fourth-order valence-corrected chi connectivity index (χ4v) is 5.00. The SMILES string of the molecule is CCCCCCCCCCCC(N1C(=O)OC[C@@H]1Cc1ccccc1)n1nnc2ccccc21. The van der Waals surface area contributed by atoms with Gasteiger partial charge in [0.05, 0.1) is 11.6 Å². The number of amides is 1. The molecule has 2 aromatic carbocycles. The smallest absolute Gasteiger partial charge is 0.411 e. The Morgan fingerprint density at radius 3 is 2.35 bits per heavy atom. The maximum atomic E-state index is 13.0. The van der Waals surface area contributed by atoms with Gasteiger partial charge in [-0.05, 0) is 37.0 Å². The quantitative estimate of drug-likeness (QED) is 0.244. The molecule has 1 aliphatic heterocycles. The lowest BCUT2D eigenvalue weighted by molar-refractivity contribution is 0.112. The summed E-state index contributed by atoms with van der Waals surface area (Å²) in [5.74, 6) is 0. The molecule has 1 aromatic heterocycles. The van der Waals surface area contributed by atoms with Gasteiger partial charge in [0.2, 0.25) is 0 Å². The Morgan fingerprint density at radius 2 is 1.59 bits per heavy atom. The van der Waals surface area contributed by atoms with Gasteiger partial charge in [-0.2, -0.15) is 0 Å². The second-order valence-corrected chi connectivity index (χ2v) is 9.45. The largest absolute Gasteiger partial charge is 0.447 e. The van der Waals surface area contributed by atoms with Crippen molar-refractivity contribution in [3.63, 3.8) is 0 Å². The van der Waals surface area contributed by atoms with Gasteiger partial charge >= 0.3 is 6.09 Å². The Balaban J connectivity index is 1.44. The van der Waals surface area contributed by atoms with Crippen molar-refractivity contribution in [1.29, 1.82) is 0 Å². The van der Waals surface area contributed by atoms with Gasteiger partial charge in [0.25, 0.3) is 0 Å². The van der Waals surface area contributed by atoms with Crippen LogP contribution in [0, 0.1) is 0 Å². The van der Waals surface area contributed by atoms with Crippen LogP contribution in [0.3, 0.4) is 0 Å². The maximum Gasteiger partial charge on any atom is 0.411 e. The fraction of sp³-hybridized carbons (Fsp3) is 0.536. The van der Waals surface area contributed by atoms with Crippen LogP contribution in [0.15, 0.2) is 54.6 Å². The highest BCUT2D eigenvalue weighted by Gasteiger charge is 2.39. The zero-order chi connectivity index (χ0) is 23.6. The lowest BCUT2D eigenvalue weighted by Crippen LogP contribution is -2.41. The number of unbranched alkanes of at least 4 members (excludes halogenated alkanes) is 8. The Kier molecular flexibility index (Phi) is 8.94. The minimum Gasteiger partial charge on any atom is -0.447 e. The minimum absolute atomic E-state index is 0.0126. The number of para-hydroxylation sites is 1. The summed E-state index contributed by atoms with van der Waals surface area (Å²) in [7, 11) is 0. The van der Waals surface area contributed by atoms with Gasteiger partial charge in [-0.25, -0.2) is 9.48 Å². The lowest BCUT2D eigenvalue weighted by Gasteiger charge is -2.31. The lowest BCUT2D eigenvalue weighted by atomic mass is 10.0. The average molecular weight is 463 g/mol. The molecule has 1 fully saturated rings. The van der Waals surface area contributed by atoms with Crippen LogP contribution >= 0.6 is 0 Å². The third-order valence-corrected chi connectivity index (χ3v) is 6.86. The number of cyclic esters (lactones) is 1. The summed E-state index contributed by atoms with van der Waals surface area (Å²) in [6.07, 6.45) is 12.6. The molecule has 6 nitrogen and oxygen atoms in total. The van der Waals surface area contributed by atoms with E-state index in [-0.39, 0.29) is 18.3 Å². The summed E-state index contributed by atoms with van der Waals surface area (Å²) in [5.41, 5.74) is 3.02. The molecule has 182 valence electrons. The zero-order valence-corrected chi connectivity index (χ0v) is 20.4. The number of carbonyl (C=O) groups is 1. The molecule has 1 aliphatic rings. The van der Waals surface area contributed by atoms with E-state index >= 15 is 0 Å². The van der Waals surface area contributed by atoms with Gasteiger partial charge in [-0.15, -0.1) is 5.10 Å². The second-order valence-electron chi connectivity index (χ2n) is 9.45. The molecule has 3 aromatic rings. The van der Waals surface area contributed by atoms with Gasteiger partial charge < -0.3 is 4.74 Å². The van der Waals surface area contributed by atoms with Gasteiger partial charge in [0, 0.05) is 0 Å². The van der Waals surface area contributed by atoms with E-state index in [9.17, 15) is 4.79 Å². The predicted molar refractivity (Wildman–Crippen MR) is 136 cm³/mol. The van der Waals surface area contributed by atoms with Crippen LogP contribution in [-0.4, -0.2) is 38.6 Å². The van der Waals surface area contributed by atoms with E-state index in [0.717, 1.165) is 30.3 Å². The molecule has 0 spiro atoms. The Morgan fingerprint density at radius 1 is 0.912 bits per heavy atom. The van der Waals surface area contributed by atoms with E-state index in [2.05, 4.69) is 29.4 Å². The highest BCUT2D eigenvalue weighted by Crippen LogP contribution is 2.31. The molecule has 0 radical (unpaired) electrons. The predicted octanol–water partition coefficient (Wildman–Crippen LogP) is 6.91. The van der Waals surface area contributed by atoms with Crippen LogP contribution in [-0.2, 0) is 11.2 Å². The van der Waals surface area contributed by atoms with Crippen LogP contribution in [0.5, 0.6) is 0 Å². The van der Waals surface area contributed by atoms with Crippen LogP contribution < -0.4 is 0 Å². The van der Waals surface area contributed by atoms with Gasteiger partial charge in [-0.3, -0.25) is 4.90 Å². The number of ether oxygens (including phenoxy) is 1. The highest BCUT2D eigenvalue weighted by atomic mass is 16.6. The van der Waals surface area contributed by atoms with Crippen molar-refractivity contribution in [2.24, 2.45) is 0 Å². The Labute approximate surface area is 203 Å². The normalized spacial score (nSPS) is 16.8. The molecule has 0 bridgehead atoms. The third kappa shape index (κ3) is 6.16. The first-order valence-electron chi connectivity index (χ1n) is 13.1. The molecule has 4 rings (SSSR count). The number of carbonyl (C=O) groups excluding carboxylic acids is 1. The van der Waals surface area contributed by atoms with Crippen molar-refractivity contribution in [2.45, 2.75) is 89.8 Å². The molecule has 34 heavy (non-hydrogen) atoms. The molecule has 1 unspecified atom stereocenters. The van der Waals surface area contributed by atoms with E-state index < -0.39 is 0 Å². The van der Waals surface area contributed by atoms with Gasteiger partial charge in [0.1, 0.15) is 18.3 Å².